The minimum Gasteiger partial charge on any atom is -0.494 e. The van der Waals surface area contributed by atoms with Crippen LogP contribution >= 0.6 is 0 Å². The highest BCUT2D eigenvalue weighted by molar-refractivity contribution is 5.80. The summed E-state index contributed by atoms with van der Waals surface area (Å²) >= 11 is 0. The Morgan fingerprint density at radius 1 is 1.29 bits per heavy atom. The van der Waals surface area contributed by atoms with Crippen molar-refractivity contribution >= 4 is 17.8 Å². The molecule has 2 amide bonds. The number of benzene rings is 1. The molecule has 7 nitrogen and oxygen atoms in total. The zero-order valence-electron chi connectivity index (χ0n) is 18.2. The number of nitrogens with one attached hydrogen (secondary N) is 1. The Bertz CT molecular complexity index is 822. The van der Waals surface area contributed by atoms with Crippen LogP contribution in [0, 0.1) is 11.7 Å². The van der Waals surface area contributed by atoms with Crippen LogP contribution in [0.3, 0.4) is 0 Å². The van der Waals surface area contributed by atoms with Crippen LogP contribution < -0.4 is 10.1 Å². The van der Waals surface area contributed by atoms with Gasteiger partial charge in [0.1, 0.15) is 0 Å². The molecule has 8 heteroatoms. The van der Waals surface area contributed by atoms with Gasteiger partial charge < -0.3 is 19.7 Å². The number of esters is 1. The van der Waals surface area contributed by atoms with Crippen molar-refractivity contribution in [3.05, 3.63) is 29.6 Å². The van der Waals surface area contributed by atoms with Gasteiger partial charge in [-0.3, -0.25) is 14.4 Å². The maximum atomic E-state index is 13.7. The summed E-state index contributed by atoms with van der Waals surface area (Å²) in [6.07, 6.45) is 3.59. The van der Waals surface area contributed by atoms with Gasteiger partial charge in [-0.2, -0.15) is 0 Å². The molecule has 0 aromatic heterocycles. The number of methoxy groups -OCH3 is 1. The number of halogens is 1. The Morgan fingerprint density at radius 2 is 2.03 bits per heavy atom. The zero-order valence-corrected chi connectivity index (χ0v) is 18.2. The minimum atomic E-state index is -0.529. The van der Waals surface area contributed by atoms with E-state index in [1.54, 1.807) is 24.0 Å². The second-order valence-corrected chi connectivity index (χ2v) is 8.38. The molecule has 1 aromatic rings. The average Bonchev–Trinajstić information content (AvgIpc) is 3.14. The fourth-order valence-electron chi connectivity index (χ4n) is 4.52. The first kappa shape index (κ1) is 23.0. The maximum Gasteiger partial charge on any atom is 0.309 e. The van der Waals surface area contributed by atoms with Crippen LogP contribution in [0.4, 0.5) is 4.39 Å². The highest BCUT2D eigenvalue weighted by Gasteiger charge is 2.38. The third kappa shape index (κ3) is 5.74. The van der Waals surface area contributed by atoms with E-state index < -0.39 is 11.4 Å². The van der Waals surface area contributed by atoms with Gasteiger partial charge in [0.2, 0.25) is 11.8 Å². The molecule has 0 saturated carbocycles. The molecule has 2 heterocycles. The van der Waals surface area contributed by atoms with Gasteiger partial charge in [-0.05, 0) is 56.7 Å². The van der Waals surface area contributed by atoms with Crippen molar-refractivity contribution in [2.75, 3.05) is 26.8 Å². The van der Waals surface area contributed by atoms with Crippen molar-refractivity contribution < 1.29 is 28.2 Å². The number of carbonyl (C=O) groups is 3. The Balaban J connectivity index is 1.59. The van der Waals surface area contributed by atoms with Crippen LogP contribution in [0.25, 0.3) is 0 Å². The van der Waals surface area contributed by atoms with Crippen LogP contribution in [-0.2, 0) is 25.5 Å². The van der Waals surface area contributed by atoms with E-state index in [1.165, 1.54) is 13.2 Å². The number of likely N-dealkylation sites (tertiary alicyclic amines) is 1. The first-order valence-electron chi connectivity index (χ1n) is 10.9. The fraction of sp³-hybridized carbons (Fsp3) is 0.609. The van der Waals surface area contributed by atoms with E-state index in [2.05, 4.69) is 5.32 Å². The van der Waals surface area contributed by atoms with Crippen molar-refractivity contribution in [3.8, 4) is 5.75 Å². The number of hydrogen-bond donors (Lipinski definition) is 1. The Labute approximate surface area is 182 Å². The number of piperidine rings is 1. The number of hydrogen-bond acceptors (Lipinski definition) is 5. The molecule has 0 aliphatic carbocycles. The highest BCUT2D eigenvalue weighted by atomic mass is 19.1. The number of carbonyl (C=O) groups excluding carboxylic acids is 3. The smallest absolute Gasteiger partial charge is 0.309 e. The Hall–Kier alpha value is -2.64. The normalized spacial score (nSPS) is 21.6. The molecule has 0 bridgehead atoms. The summed E-state index contributed by atoms with van der Waals surface area (Å²) in [7, 11) is 1.42. The lowest BCUT2D eigenvalue weighted by molar-refractivity contribution is -0.151. The van der Waals surface area contributed by atoms with Gasteiger partial charge in [0.05, 0.1) is 19.6 Å². The van der Waals surface area contributed by atoms with Crippen LogP contribution in [0.1, 0.15) is 51.0 Å². The molecule has 170 valence electrons. The summed E-state index contributed by atoms with van der Waals surface area (Å²) in [6, 6.07) is 4.69. The number of amides is 2. The monoisotopic (exact) mass is 434 g/mol. The van der Waals surface area contributed by atoms with E-state index >= 15 is 0 Å². The summed E-state index contributed by atoms with van der Waals surface area (Å²) in [5.41, 5.74) is 0.321. The van der Waals surface area contributed by atoms with Crippen LogP contribution in [0.15, 0.2) is 18.2 Å². The quantitative estimate of drug-likeness (QED) is 0.636. The van der Waals surface area contributed by atoms with E-state index in [0.717, 1.165) is 5.56 Å². The molecule has 1 aromatic carbocycles. The molecule has 1 atom stereocenters. The molecule has 0 radical (unpaired) electrons. The molecule has 31 heavy (non-hydrogen) atoms. The lowest BCUT2D eigenvalue weighted by atomic mass is 9.84. The van der Waals surface area contributed by atoms with E-state index in [0.29, 0.717) is 64.6 Å². The van der Waals surface area contributed by atoms with Crippen LogP contribution in [0.2, 0.25) is 0 Å². The van der Waals surface area contributed by atoms with Gasteiger partial charge in [0.15, 0.2) is 11.6 Å². The molecule has 2 aliphatic rings. The predicted molar refractivity (Wildman–Crippen MR) is 112 cm³/mol. The molecule has 2 aliphatic heterocycles. The zero-order chi connectivity index (χ0) is 22.4. The number of rotatable bonds is 8. The van der Waals surface area contributed by atoms with Crippen molar-refractivity contribution in [2.24, 2.45) is 5.92 Å². The van der Waals surface area contributed by atoms with Gasteiger partial charge >= 0.3 is 5.97 Å². The second-order valence-electron chi connectivity index (χ2n) is 8.38. The molecule has 0 spiro atoms. The van der Waals surface area contributed by atoms with Crippen LogP contribution in [-0.4, -0.2) is 55.0 Å². The van der Waals surface area contributed by atoms with Crippen molar-refractivity contribution in [3.63, 3.8) is 0 Å². The third-order valence-electron chi connectivity index (χ3n) is 6.28. The van der Waals surface area contributed by atoms with Crippen molar-refractivity contribution in [1.29, 1.82) is 0 Å². The molecular formula is C23H31FN2O5. The molecule has 2 saturated heterocycles. The molecule has 1 unspecified atom stereocenters. The lowest BCUT2D eigenvalue weighted by Crippen LogP contribution is -2.46. The molecular weight excluding hydrogens is 403 g/mol. The van der Waals surface area contributed by atoms with E-state index in [9.17, 15) is 18.8 Å². The predicted octanol–water partition coefficient (Wildman–Crippen LogP) is 2.61. The summed E-state index contributed by atoms with van der Waals surface area (Å²) in [6.45, 7) is 3.23. The first-order chi connectivity index (χ1) is 14.9. The molecule has 2 fully saturated rings. The maximum absolute atomic E-state index is 13.7. The lowest BCUT2D eigenvalue weighted by Gasteiger charge is -2.33. The van der Waals surface area contributed by atoms with Gasteiger partial charge in [-0.1, -0.05) is 6.07 Å². The average molecular weight is 435 g/mol. The standard InChI is InChI=1S/C23H31FN2O5/c1-3-31-22(29)17-8-12-26(13-9-17)21(28)7-11-23(10-6-20(27)25-23)15-16-4-5-18(24)19(14-16)30-2/h4-5,14,17H,3,6-13,15H2,1-2H3,(H,25,27). The third-order valence-corrected chi connectivity index (χ3v) is 6.28. The number of ether oxygens (including phenoxy) is 2. The highest BCUT2D eigenvalue weighted by Crippen LogP contribution is 2.32. The van der Waals surface area contributed by atoms with E-state index in [-0.39, 0.29) is 29.5 Å². The Kier molecular flexibility index (Phi) is 7.51. The second kappa shape index (κ2) is 10.1. The fourth-order valence-corrected chi connectivity index (χ4v) is 4.52. The summed E-state index contributed by atoms with van der Waals surface area (Å²) < 4.78 is 23.9. The largest absolute Gasteiger partial charge is 0.494 e. The topological polar surface area (TPSA) is 84.9 Å². The minimum absolute atomic E-state index is 0.0273. The summed E-state index contributed by atoms with van der Waals surface area (Å²) in [4.78, 5) is 38.5. The van der Waals surface area contributed by atoms with Gasteiger partial charge in [-0.25, -0.2) is 4.39 Å². The van der Waals surface area contributed by atoms with E-state index in [1.807, 2.05) is 0 Å². The molecule has 3 rings (SSSR count). The summed E-state index contributed by atoms with van der Waals surface area (Å²) in [5, 5.41) is 3.06. The van der Waals surface area contributed by atoms with Gasteiger partial charge in [0, 0.05) is 31.5 Å². The Morgan fingerprint density at radius 3 is 2.65 bits per heavy atom. The van der Waals surface area contributed by atoms with Gasteiger partial charge in [-0.15, -0.1) is 0 Å². The summed E-state index contributed by atoms with van der Waals surface area (Å²) in [5.74, 6) is -0.596. The number of nitrogens with zero attached hydrogens (tertiary/aromatic N) is 1. The van der Waals surface area contributed by atoms with Crippen LogP contribution in [0.5, 0.6) is 5.75 Å². The van der Waals surface area contributed by atoms with Gasteiger partial charge in [0.25, 0.3) is 0 Å². The van der Waals surface area contributed by atoms with E-state index in [4.69, 9.17) is 9.47 Å². The molecule has 1 N–H and O–H groups in total. The first-order valence-corrected chi connectivity index (χ1v) is 10.9. The van der Waals surface area contributed by atoms with Crippen molar-refractivity contribution in [1.82, 2.24) is 10.2 Å². The SMILES string of the molecule is CCOC(=O)C1CCN(C(=O)CCC2(Cc3ccc(F)c(OC)c3)CCC(=O)N2)CC1. The van der Waals surface area contributed by atoms with Crippen molar-refractivity contribution in [2.45, 2.75) is 57.4 Å².